The summed E-state index contributed by atoms with van der Waals surface area (Å²) in [6.07, 6.45) is 5.32. The highest BCUT2D eigenvalue weighted by molar-refractivity contribution is 5.39. The predicted octanol–water partition coefficient (Wildman–Crippen LogP) is 1.80. The lowest BCUT2D eigenvalue weighted by molar-refractivity contribution is 0.0959. The van der Waals surface area contributed by atoms with E-state index in [0.717, 1.165) is 36.3 Å². The summed E-state index contributed by atoms with van der Waals surface area (Å²) in [4.78, 5) is 24.7. The zero-order valence-electron chi connectivity index (χ0n) is 12.9. The first kappa shape index (κ1) is 14.8. The Balaban J connectivity index is 1.99. The largest absolute Gasteiger partial charge is 0.376 e. The van der Waals surface area contributed by atoms with E-state index in [1.807, 2.05) is 32.0 Å². The normalized spacial score (nSPS) is 17.8. The maximum atomic E-state index is 12.4. The summed E-state index contributed by atoms with van der Waals surface area (Å²) in [6, 6.07) is 5.84. The van der Waals surface area contributed by atoms with E-state index in [1.165, 1.54) is 9.13 Å². The molecule has 5 nitrogen and oxygen atoms in total. The lowest BCUT2D eigenvalue weighted by atomic mass is 10.1. The molecular weight excluding hydrogens is 280 g/mol. The minimum atomic E-state index is -0.523. The maximum Gasteiger partial charge on any atom is 0.320 e. The highest BCUT2D eigenvalue weighted by Crippen LogP contribution is 2.14. The van der Waals surface area contributed by atoms with E-state index in [-0.39, 0.29) is 6.10 Å². The fraction of sp³-hybridized carbons (Fsp3) is 0.412. The zero-order chi connectivity index (χ0) is 15.7. The van der Waals surface area contributed by atoms with Crippen LogP contribution in [0.4, 0.5) is 0 Å². The molecule has 3 rings (SSSR count). The van der Waals surface area contributed by atoms with Crippen LogP contribution in [0, 0.1) is 13.8 Å². The first-order valence-corrected chi connectivity index (χ1v) is 7.57. The van der Waals surface area contributed by atoms with Gasteiger partial charge in [-0.2, -0.15) is 0 Å². The average molecular weight is 300 g/mol. The molecule has 0 bridgehead atoms. The number of ether oxygens (including phenoxy) is 1. The van der Waals surface area contributed by atoms with Gasteiger partial charge in [0.1, 0.15) is 0 Å². The van der Waals surface area contributed by atoms with Gasteiger partial charge in [-0.3, -0.25) is 14.2 Å². The van der Waals surface area contributed by atoms with Crippen molar-refractivity contribution in [3.63, 3.8) is 0 Å². The van der Waals surface area contributed by atoms with Crippen LogP contribution in [0.3, 0.4) is 0 Å². The summed E-state index contributed by atoms with van der Waals surface area (Å²) in [5.41, 5.74) is 1.82. The van der Waals surface area contributed by atoms with Crippen molar-refractivity contribution >= 4 is 0 Å². The molecule has 1 aromatic heterocycles. The SMILES string of the molecule is Cc1cc(C)cc(-n2ccn(CC3CCCO3)c(=O)c2=O)c1. The number of aromatic nitrogens is 2. The van der Waals surface area contributed by atoms with Crippen molar-refractivity contribution in [2.45, 2.75) is 39.3 Å². The Hall–Kier alpha value is -2.14. The molecule has 1 saturated heterocycles. The molecule has 1 unspecified atom stereocenters. The van der Waals surface area contributed by atoms with E-state index in [2.05, 4.69) is 0 Å². The highest BCUT2D eigenvalue weighted by Gasteiger charge is 2.17. The van der Waals surface area contributed by atoms with Gasteiger partial charge in [0.25, 0.3) is 0 Å². The first-order chi connectivity index (χ1) is 10.5. The summed E-state index contributed by atoms with van der Waals surface area (Å²) in [6.45, 7) is 5.13. The van der Waals surface area contributed by atoms with Gasteiger partial charge >= 0.3 is 11.1 Å². The first-order valence-electron chi connectivity index (χ1n) is 7.57. The molecule has 1 fully saturated rings. The van der Waals surface area contributed by atoms with Crippen LogP contribution in [-0.4, -0.2) is 21.8 Å². The van der Waals surface area contributed by atoms with E-state index < -0.39 is 11.1 Å². The second kappa shape index (κ2) is 5.93. The van der Waals surface area contributed by atoms with Crippen LogP contribution in [0.25, 0.3) is 5.69 Å². The van der Waals surface area contributed by atoms with Crippen molar-refractivity contribution in [1.82, 2.24) is 9.13 Å². The van der Waals surface area contributed by atoms with Crippen molar-refractivity contribution in [3.8, 4) is 5.69 Å². The topological polar surface area (TPSA) is 53.2 Å². The molecule has 0 saturated carbocycles. The summed E-state index contributed by atoms with van der Waals surface area (Å²) in [5.74, 6) is 0. The predicted molar refractivity (Wildman–Crippen MR) is 84.7 cm³/mol. The lowest BCUT2D eigenvalue weighted by Crippen LogP contribution is -2.41. The van der Waals surface area contributed by atoms with Gasteiger partial charge in [-0.1, -0.05) is 6.07 Å². The lowest BCUT2D eigenvalue weighted by Gasteiger charge is -2.13. The van der Waals surface area contributed by atoms with Gasteiger partial charge in [0, 0.05) is 24.7 Å². The summed E-state index contributed by atoms with van der Waals surface area (Å²) < 4.78 is 8.40. The van der Waals surface area contributed by atoms with Crippen molar-refractivity contribution in [1.29, 1.82) is 0 Å². The maximum absolute atomic E-state index is 12.4. The van der Waals surface area contributed by atoms with Gasteiger partial charge < -0.3 is 9.30 Å². The molecule has 1 atom stereocenters. The second-order valence-corrected chi connectivity index (χ2v) is 5.91. The van der Waals surface area contributed by atoms with Gasteiger partial charge in [-0.05, 0) is 49.9 Å². The standard InChI is InChI=1S/C17H20N2O3/c1-12-8-13(2)10-14(9-12)19-6-5-18(16(20)17(19)21)11-15-4-3-7-22-15/h5-6,8-10,15H,3-4,7,11H2,1-2H3. The third-order valence-electron chi connectivity index (χ3n) is 3.97. The van der Waals surface area contributed by atoms with E-state index in [9.17, 15) is 9.59 Å². The zero-order valence-corrected chi connectivity index (χ0v) is 12.9. The molecule has 5 heteroatoms. The quantitative estimate of drug-likeness (QED) is 0.812. The molecule has 0 aliphatic carbocycles. The van der Waals surface area contributed by atoms with Crippen molar-refractivity contribution in [3.05, 3.63) is 62.4 Å². The summed E-state index contributed by atoms with van der Waals surface area (Å²) in [7, 11) is 0. The Morgan fingerprint density at radius 1 is 1.09 bits per heavy atom. The average Bonchev–Trinajstić information content (AvgIpc) is 2.96. The Morgan fingerprint density at radius 3 is 2.45 bits per heavy atom. The molecule has 1 aliphatic rings. The molecule has 0 N–H and O–H groups in total. The van der Waals surface area contributed by atoms with Gasteiger partial charge in [0.05, 0.1) is 12.6 Å². The number of hydrogen-bond acceptors (Lipinski definition) is 3. The number of hydrogen-bond donors (Lipinski definition) is 0. The van der Waals surface area contributed by atoms with Crippen LogP contribution in [0.15, 0.2) is 40.2 Å². The van der Waals surface area contributed by atoms with Gasteiger partial charge in [0.15, 0.2) is 0 Å². The molecule has 22 heavy (non-hydrogen) atoms. The molecular formula is C17H20N2O3. The number of rotatable bonds is 3. The smallest absolute Gasteiger partial charge is 0.320 e. The van der Waals surface area contributed by atoms with Crippen LogP contribution in [-0.2, 0) is 11.3 Å². The Bertz CT molecular complexity index is 778. The summed E-state index contributed by atoms with van der Waals surface area (Å²) in [5, 5.41) is 0. The summed E-state index contributed by atoms with van der Waals surface area (Å²) >= 11 is 0. The minimum absolute atomic E-state index is 0.0363. The number of benzene rings is 1. The van der Waals surface area contributed by atoms with Crippen molar-refractivity contribution in [2.75, 3.05) is 6.61 Å². The highest BCUT2D eigenvalue weighted by atomic mass is 16.5. The van der Waals surface area contributed by atoms with Crippen LogP contribution in [0.5, 0.6) is 0 Å². The molecule has 1 aromatic carbocycles. The Morgan fingerprint density at radius 2 is 1.82 bits per heavy atom. The van der Waals surface area contributed by atoms with E-state index in [4.69, 9.17) is 4.74 Å². The molecule has 2 heterocycles. The molecule has 0 amide bonds. The monoisotopic (exact) mass is 300 g/mol. The van der Waals surface area contributed by atoms with Crippen molar-refractivity contribution in [2.24, 2.45) is 0 Å². The van der Waals surface area contributed by atoms with Gasteiger partial charge in [-0.15, -0.1) is 0 Å². The number of nitrogens with zero attached hydrogens (tertiary/aromatic N) is 2. The van der Waals surface area contributed by atoms with Crippen LogP contribution < -0.4 is 11.1 Å². The molecule has 0 spiro atoms. The van der Waals surface area contributed by atoms with Gasteiger partial charge in [-0.25, -0.2) is 0 Å². The fourth-order valence-corrected chi connectivity index (χ4v) is 2.95. The second-order valence-electron chi connectivity index (χ2n) is 5.91. The Labute approximate surface area is 128 Å². The molecule has 2 aromatic rings. The molecule has 116 valence electrons. The van der Waals surface area contributed by atoms with Crippen LogP contribution in [0.2, 0.25) is 0 Å². The number of aryl methyl sites for hydroxylation is 2. The Kier molecular flexibility index (Phi) is 3.98. The van der Waals surface area contributed by atoms with Crippen LogP contribution in [0.1, 0.15) is 24.0 Å². The van der Waals surface area contributed by atoms with Crippen LogP contribution >= 0.6 is 0 Å². The molecule has 1 aliphatic heterocycles. The minimum Gasteiger partial charge on any atom is -0.376 e. The van der Waals surface area contributed by atoms with Gasteiger partial charge in [0.2, 0.25) is 0 Å². The fourth-order valence-electron chi connectivity index (χ4n) is 2.95. The van der Waals surface area contributed by atoms with E-state index >= 15 is 0 Å². The van der Waals surface area contributed by atoms with E-state index in [0.29, 0.717) is 6.54 Å². The third-order valence-corrected chi connectivity index (χ3v) is 3.97. The molecule has 0 radical (unpaired) electrons. The third kappa shape index (κ3) is 2.90. The van der Waals surface area contributed by atoms with Crippen molar-refractivity contribution < 1.29 is 4.74 Å². The van der Waals surface area contributed by atoms with E-state index in [1.54, 1.807) is 12.4 Å².